The van der Waals surface area contributed by atoms with Crippen LogP contribution in [0.25, 0.3) is 16.9 Å². The Morgan fingerprint density at radius 3 is 2.75 bits per heavy atom. The molecule has 6 nitrogen and oxygen atoms in total. The van der Waals surface area contributed by atoms with Gasteiger partial charge in [0, 0.05) is 11.5 Å². The maximum Gasteiger partial charge on any atom is 0.248 e. The summed E-state index contributed by atoms with van der Waals surface area (Å²) in [5, 5.41) is 0. The quantitative estimate of drug-likeness (QED) is 0.803. The van der Waals surface area contributed by atoms with Crippen LogP contribution in [0.5, 0.6) is 0 Å². The molecule has 2 N–H and O–H groups in total. The Labute approximate surface area is 139 Å². The van der Waals surface area contributed by atoms with E-state index in [-0.39, 0.29) is 0 Å². The molecule has 1 amide bonds. The zero-order chi connectivity index (χ0) is 16.7. The van der Waals surface area contributed by atoms with E-state index < -0.39 is 5.91 Å². The molecule has 1 aliphatic rings. The fraction of sp³-hybridized carbons (Fsp3) is 0.333. The number of rotatable bonds is 3. The summed E-state index contributed by atoms with van der Waals surface area (Å²) >= 11 is 0. The summed E-state index contributed by atoms with van der Waals surface area (Å²) in [6.07, 6.45) is 8.18. The highest BCUT2D eigenvalue weighted by Crippen LogP contribution is 2.35. The van der Waals surface area contributed by atoms with E-state index in [1.54, 1.807) is 24.8 Å². The lowest BCUT2D eigenvalue weighted by atomic mass is 10.0. The van der Waals surface area contributed by atoms with E-state index in [2.05, 4.69) is 15.0 Å². The van der Waals surface area contributed by atoms with Crippen LogP contribution in [-0.2, 0) is 0 Å². The van der Waals surface area contributed by atoms with Gasteiger partial charge in [0.15, 0.2) is 5.65 Å². The third-order valence-corrected chi connectivity index (χ3v) is 4.86. The first kappa shape index (κ1) is 14.8. The molecule has 4 rings (SSSR count). The number of carbonyl (C=O) groups excluding carboxylic acids is 1. The van der Waals surface area contributed by atoms with Crippen LogP contribution in [0.1, 0.15) is 53.2 Å². The standard InChI is InChI=1S/C18H19N5O/c1-11-6-7-13(17(19)24)8-14(11)23-10-22-16-15(12-4-2-3-5-12)20-9-21-18(16)23/h6-10,12H,2-5H2,1H3,(H2,19,24). The van der Waals surface area contributed by atoms with E-state index in [4.69, 9.17) is 5.73 Å². The molecule has 0 unspecified atom stereocenters. The Bertz CT molecular complexity index is 924. The van der Waals surface area contributed by atoms with Gasteiger partial charge in [0.2, 0.25) is 5.91 Å². The van der Waals surface area contributed by atoms with Crippen molar-refractivity contribution >= 4 is 17.1 Å². The lowest BCUT2D eigenvalue weighted by Gasteiger charge is -2.11. The van der Waals surface area contributed by atoms with Crippen molar-refractivity contribution in [3.8, 4) is 5.69 Å². The molecule has 6 heteroatoms. The van der Waals surface area contributed by atoms with Crippen LogP contribution in [0.15, 0.2) is 30.9 Å². The van der Waals surface area contributed by atoms with Crippen molar-refractivity contribution in [2.24, 2.45) is 5.73 Å². The molecular weight excluding hydrogens is 302 g/mol. The van der Waals surface area contributed by atoms with Crippen molar-refractivity contribution in [3.05, 3.63) is 47.7 Å². The largest absolute Gasteiger partial charge is 0.366 e. The van der Waals surface area contributed by atoms with Gasteiger partial charge in [-0.2, -0.15) is 0 Å². The summed E-state index contributed by atoms with van der Waals surface area (Å²) in [6, 6.07) is 5.41. The second-order valence-corrected chi connectivity index (χ2v) is 6.39. The van der Waals surface area contributed by atoms with Crippen molar-refractivity contribution in [3.63, 3.8) is 0 Å². The molecule has 1 saturated carbocycles. The van der Waals surface area contributed by atoms with Gasteiger partial charge in [-0.1, -0.05) is 18.9 Å². The van der Waals surface area contributed by atoms with Gasteiger partial charge in [-0.15, -0.1) is 0 Å². The Balaban J connectivity index is 1.88. The van der Waals surface area contributed by atoms with Gasteiger partial charge in [0.05, 0.1) is 11.4 Å². The van der Waals surface area contributed by atoms with Crippen LogP contribution in [0.2, 0.25) is 0 Å². The van der Waals surface area contributed by atoms with Crippen molar-refractivity contribution in [2.45, 2.75) is 38.5 Å². The minimum absolute atomic E-state index is 0.443. The summed E-state index contributed by atoms with van der Waals surface area (Å²) in [4.78, 5) is 25.0. The first-order valence-corrected chi connectivity index (χ1v) is 8.24. The molecule has 2 heterocycles. The maximum atomic E-state index is 11.5. The Kier molecular flexibility index (Phi) is 3.52. The molecule has 0 bridgehead atoms. The summed E-state index contributed by atoms with van der Waals surface area (Å²) < 4.78 is 1.91. The van der Waals surface area contributed by atoms with Crippen molar-refractivity contribution < 1.29 is 4.79 Å². The van der Waals surface area contributed by atoms with Crippen molar-refractivity contribution in [1.29, 1.82) is 0 Å². The fourth-order valence-corrected chi connectivity index (χ4v) is 3.55. The monoisotopic (exact) mass is 321 g/mol. The molecule has 2 aromatic heterocycles. The lowest BCUT2D eigenvalue weighted by molar-refractivity contribution is 0.100. The van der Waals surface area contributed by atoms with Crippen LogP contribution in [0, 0.1) is 6.92 Å². The topological polar surface area (TPSA) is 86.7 Å². The number of carbonyl (C=O) groups is 1. The zero-order valence-electron chi connectivity index (χ0n) is 13.6. The summed E-state index contributed by atoms with van der Waals surface area (Å²) in [6.45, 7) is 1.99. The number of aromatic nitrogens is 4. The number of nitrogens with zero attached hydrogens (tertiary/aromatic N) is 4. The number of primary amides is 1. The SMILES string of the molecule is Cc1ccc(C(N)=O)cc1-n1cnc2c(C3CCCC3)ncnc21. The number of nitrogens with two attached hydrogens (primary N) is 1. The van der Waals surface area contributed by atoms with Crippen LogP contribution < -0.4 is 5.73 Å². The van der Waals surface area contributed by atoms with Crippen LogP contribution >= 0.6 is 0 Å². The lowest BCUT2D eigenvalue weighted by Crippen LogP contribution is -2.12. The maximum absolute atomic E-state index is 11.5. The van der Waals surface area contributed by atoms with Gasteiger partial charge >= 0.3 is 0 Å². The molecule has 0 radical (unpaired) electrons. The average molecular weight is 321 g/mol. The second kappa shape index (κ2) is 5.70. The van der Waals surface area contributed by atoms with E-state index in [0.29, 0.717) is 11.5 Å². The van der Waals surface area contributed by atoms with E-state index in [1.165, 1.54) is 12.8 Å². The highest BCUT2D eigenvalue weighted by molar-refractivity contribution is 5.93. The van der Waals surface area contributed by atoms with Gasteiger partial charge in [-0.3, -0.25) is 9.36 Å². The van der Waals surface area contributed by atoms with Gasteiger partial charge in [0.25, 0.3) is 0 Å². The van der Waals surface area contributed by atoms with E-state index in [1.807, 2.05) is 17.6 Å². The molecule has 122 valence electrons. The van der Waals surface area contributed by atoms with Gasteiger partial charge in [-0.05, 0) is 37.5 Å². The van der Waals surface area contributed by atoms with Gasteiger partial charge in [0.1, 0.15) is 18.2 Å². The number of hydrogen-bond donors (Lipinski definition) is 1. The molecule has 1 fully saturated rings. The summed E-state index contributed by atoms with van der Waals surface area (Å²) in [5.41, 5.74) is 10.5. The highest BCUT2D eigenvalue weighted by atomic mass is 16.1. The third kappa shape index (κ3) is 2.35. The highest BCUT2D eigenvalue weighted by Gasteiger charge is 2.23. The van der Waals surface area contributed by atoms with Gasteiger partial charge in [-0.25, -0.2) is 15.0 Å². The average Bonchev–Trinajstić information content (AvgIpc) is 3.24. The number of aryl methyl sites for hydroxylation is 1. The second-order valence-electron chi connectivity index (χ2n) is 6.39. The number of amides is 1. The molecule has 24 heavy (non-hydrogen) atoms. The Hall–Kier alpha value is -2.76. The molecular formula is C18H19N5O. The van der Waals surface area contributed by atoms with Gasteiger partial charge < -0.3 is 5.73 Å². The predicted molar refractivity (Wildman–Crippen MR) is 91.1 cm³/mol. The number of hydrogen-bond acceptors (Lipinski definition) is 4. The first-order chi connectivity index (χ1) is 11.6. The minimum Gasteiger partial charge on any atom is -0.366 e. The van der Waals surface area contributed by atoms with Crippen LogP contribution in [-0.4, -0.2) is 25.4 Å². The molecule has 1 aliphatic carbocycles. The fourth-order valence-electron chi connectivity index (χ4n) is 3.55. The minimum atomic E-state index is -0.443. The molecule has 3 aromatic rings. The first-order valence-electron chi connectivity index (χ1n) is 8.24. The molecule has 0 spiro atoms. The Morgan fingerprint density at radius 2 is 2.00 bits per heavy atom. The van der Waals surface area contributed by atoms with Crippen LogP contribution in [0.3, 0.4) is 0 Å². The third-order valence-electron chi connectivity index (χ3n) is 4.86. The van der Waals surface area contributed by atoms with Crippen molar-refractivity contribution in [2.75, 3.05) is 0 Å². The van der Waals surface area contributed by atoms with Crippen molar-refractivity contribution in [1.82, 2.24) is 19.5 Å². The summed E-state index contributed by atoms with van der Waals surface area (Å²) in [5.74, 6) is 0.0267. The number of fused-ring (bicyclic) bond motifs is 1. The Morgan fingerprint density at radius 1 is 1.21 bits per heavy atom. The van der Waals surface area contributed by atoms with E-state index in [0.717, 1.165) is 41.0 Å². The van der Waals surface area contributed by atoms with E-state index in [9.17, 15) is 4.79 Å². The molecule has 0 aliphatic heterocycles. The number of benzene rings is 1. The predicted octanol–water partition coefficient (Wildman–Crippen LogP) is 2.88. The summed E-state index contributed by atoms with van der Waals surface area (Å²) in [7, 11) is 0. The molecule has 0 atom stereocenters. The smallest absolute Gasteiger partial charge is 0.248 e. The van der Waals surface area contributed by atoms with E-state index >= 15 is 0 Å². The zero-order valence-corrected chi connectivity index (χ0v) is 13.6. The molecule has 0 saturated heterocycles. The normalized spacial score (nSPS) is 15.2. The van der Waals surface area contributed by atoms with Crippen LogP contribution in [0.4, 0.5) is 0 Å². The molecule has 1 aromatic carbocycles. The number of imidazole rings is 1.